The summed E-state index contributed by atoms with van der Waals surface area (Å²) in [6.07, 6.45) is 4.36. The maximum absolute atomic E-state index is 11.9. The molecule has 0 saturated heterocycles. The minimum atomic E-state index is -0.732. The molecule has 0 aliphatic heterocycles. The van der Waals surface area contributed by atoms with Gasteiger partial charge in [0.25, 0.3) is 5.91 Å². The van der Waals surface area contributed by atoms with Crippen LogP contribution in [0.2, 0.25) is 0 Å². The van der Waals surface area contributed by atoms with Crippen LogP contribution in [0.3, 0.4) is 0 Å². The summed E-state index contributed by atoms with van der Waals surface area (Å²) in [6.45, 7) is 0.157. The number of benzene rings is 1. The number of carbonyl (C=O) groups excluding carboxylic acids is 1. The van der Waals surface area contributed by atoms with E-state index in [-0.39, 0.29) is 12.5 Å². The van der Waals surface area contributed by atoms with E-state index in [1.165, 1.54) is 6.20 Å². The van der Waals surface area contributed by atoms with Crippen LogP contribution in [0.4, 0.5) is 0 Å². The van der Waals surface area contributed by atoms with Gasteiger partial charge in [-0.15, -0.1) is 11.8 Å². The molecular formula is C15H15BrN2O2S. The number of amides is 1. The van der Waals surface area contributed by atoms with Gasteiger partial charge in [0, 0.05) is 28.3 Å². The highest BCUT2D eigenvalue weighted by Crippen LogP contribution is 2.18. The van der Waals surface area contributed by atoms with Gasteiger partial charge in [0.2, 0.25) is 0 Å². The van der Waals surface area contributed by atoms with Gasteiger partial charge >= 0.3 is 0 Å². The zero-order valence-electron chi connectivity index (χ0n) is 11.4. The minimum Gasteiger partial charge on any atom is -0.387 e. The third kappa shape index (κ3) is 4.56. The van der Waals surface area contributed by atoms with Crippen LogP contribution in [0.25, 0.3) is 0 Å². The smallest absolute Gasteiger partial charge is 0.252 e. The fourth-order valence-electron chi connectivity index (χ4n) is 1.77. The van der Waals surface area contributed by atoms with Crippen molar-refractivity contribution in [1.29, 1.82) is 0 Å². The van der Waals surface area contributed by atoms with E-state index in [9.17, 15) is 9.90 Å². The molecule has 21 heavy (non-hydrogen) atoms. The minimum absolute atomic E-state index is 0.157. The Kier molecular flexibility index (Phi) is 5.78. The van der Waals surface area contributed by atoms with Gasteiger partial charge in [0.1, 0.15) is 0 Å². The predicted molar refractivity (Wildman–Crippen MR) is 87.5 cm³/mol. The fourth-order valence-corrected chi connectivity index (χ4v) is 2.54. The van der Waals surface area contributed by atoms with Gasteiger partial charge in [0.15, 0.2) is 0 Å². The summed E-state index contributed by atoms with van der Waals surface area (Å²) < 4.78 is 0.739. The molecule has 2 N–H and O–H groups in total. The van der Waals surface area contributed by atoms with E-state index in [0.717, 1.165) is 14.9 Å². The van der Waals surface area contributed by atoms with Gasteiger partial charge in [0.05, 0.1) is 11.7 Å². The average Bonchev–Trinajstić information content (AvgIpc) is 2.52. The molecule has 0 unspecified atom stereocenters. The first-order valence-electron chi connectivity index (χ1n) is 6.31. The summed E-state index contributed by atoms with van der Waals surface area (Å²) in [5.74, 6) is -0.261. The normalized spacial score (nSPS) is 12.0. The molecule has 2 aromatic rings. The summed E-state index contributed by atoms with van der Waals surface area (Å²) in [6, 6.07) is 9.31. The number of nitrogens with one attached hydrogen (secondary N) is 1. The molecule has 0 aliphatic carbocycles. The fraction of sp³-hybridized carbons (Fsp3) is 0.200. The molecule has 1 aromatic heterocycles. The van der Waals surface area contributed by atoms with Gasteiger partial charge < -0.3 is 10.4 Å². The number of hydrogen-bond donors (Lipinski definition) is 2. The zero-order chi connectivity index (χ0) is 15.2. The molecule has 0 aliphatic rings. The standard InChI is InChI=1S/C15H15BrN2O2S/c1-21-13-4-2-10(3-5-13)14(19)9-18-15(20)11-6-12(16)8-17-7-11/h2-8,14,19H,9H2,1H3,(H,18,20)/t14-/m0/s1. The van der Waals surface area contributed by atoms with Crippen molar-refractivity contribution in [1.82, 2.24) is 10.3 Å². The van der Waals surface area contributed by atoms with Gasteiger partial charge in [-0.3, -0.25) is 9.78 Å². The quantitative estimate of drug-likeness (QED) is 0.798. The maximum atomic E-state index is 11.9. The summed E-state index contributed by atoms with van der Waals surface area (Å²) in [5, 5.41) is 12.8. The molecule has 0 saturated carbocycles. The van der Waals surface area contributed by atoms with Crippen LogP contribution in [0.5, 0.6) is 0 Å². The van der Waals surface area contributed by atoms with Crippen molar-refractivity contribution in [3.63, 3.8) is 0 Å². The number of rotatable bonds is 5. The predicted octanol–water partition coefficient (Wildman–Crippen LogP) is 3.03. The molecule has 2 rings (SSSR count). The molecule has 110 valence electrons. The highest BCUT2D eigenvalue weighted by atomic mass is 79.9. The topological polar surface area (TPSA) is 62.2 Å². The van der Waals surface area contributed by atoms with Crippen molar-refractivity contribution in [2.24, 2.45) is 0 Å². The Balaban J connectivity index is 1.93. The molecule has 1 heterocycles. The van der Waals surface area contributed by atoms with E-state index in [2.05, 4.69) is 26.2 Å². The molecule has 6 heteroatoms. The van der Waals surface area contributed by atoms with Crippen molar-refractivity contribution in [3.8, 4) is 0 Å². The maximum Gasteiger partial charge on any atom is 0.252 e. The Bertz CT molecular complexity index is 619. The summed E-state index contributed by atoms with van der Waals surface area (Å²) in [4.78, 5) is 17.0. The SMILES string of the molecule is CSc1ccc([C@@H](O)CNC(=O)c2cncc(Br)c2)cc1. The summed E-state index contributed by atoms with van der Waals surface area (Å²) in [5.41, 5.74) is 1.23. The number of carbonyl (C=O) groups is 1. The monoisotopic (exact) mass is 366 g/mol. The van der Waals surface area contributed by atoms with Crippen LogP contribution in [-0.4, -0.2) is 28.8 Å². The van der Waals surface area contributed by atoms with Crippen LogP contribution in [0.15, 0.2) is 52.1 Å². The molecule has 0 fully saturated rings. The molecule has 4 nitrogen and oxygen atoms in total. The number of halogens is 1. The zero-order valence-corrected chi connectivity index (χ0v) is 13.8. The second kappa shape index (κ2) is 7.59. The largest absolute Gasteiger partial charge is 0.387 e. The van der Waals surface area contributed by atoms with Gasteiger partial charge in [-0.2, -0.15) is 0 Å². The van der Waals surface area contributed by atoms with Crippen molar-refractivity contribution in [2.75, 3.05) is 12.8 Å². The van der Waals surface area contributed by atoms with Crippen LogP contribution in [0, 0.1) is 0 Å². The first-order chi connectivity index (χ1) is 10.1. The Hall–Kier alpha value is -1.37. The third-order valence-corrected chi connectivity index (χ3v) is 4.10. The molecule has 1 aromatic carbocycles. The lowest BCUT2D eigenvalue weighted by atomic mass is 10.1. The lowest BCUT2D eigenvalue weighted by molar-refractivity contribution is 0.0916. The molecule has 0 radical (unpaired) electrons. The highest BCUT2D eigenvalue weighted by Gasteiger charge is 2.11. The molecule has 0 spiro atoms. The van der Waals surface area contributed by atoms with E-state index >= 15 is 0 Å². The molecular weight excluding hydrogens is 352 g/mol. The number of aromatic nitrogens is 1. The lowest BCUT2D eigenvalue weighted by Crippen LogP contribution is -2.28. The number of aliphatic hydroxyl groups excluding tert-OH is 1. The molecule has 1 atom stereocenters. The number of hydrogen-bond acceptors (Lipinski definition) is 4. The van der Waals surface area contributed by atoms with Crippen molar-refractivity contribution >= 4 is 33.6 Å². The lowest BCUT2D eigenvalue weighted by Gasteiger charge is -2.12. The first kappa shape index (κ1) is 16.0. The van der Waals surface area contributed by atoms with E-state index in [4.69, 9.17) is 0 Å². The number of pyridine rings is 1. The van der Waals surface area contributed by atoms with Crippen LogP contribution in [-0.2, 0) is 0 Å². The highest BCUT2D eigenvalue weighted by molar-refractivity contribution is 9.10. The summed E-state index contributed by atoms with van der Waals surface area (Å²) in [7, 11) is 0. The van der Waals surface area contributed by atoms with Gasteiger partial charge in [-0.05, 0) is 45.9 Å². The Morgan fingerprint density at radius 1 is 1.38 bits per heavy atom. The second-order valence-corrected chi connectivity index (χ2v) is 6.19. The number of nitrogens with zero attached hydrogens (tertiary/aromatic N) is 1. The Morgan fingerprint density at radius 2 is 2.10 bits per heavy atom. The van der Waals surface area contributed by atoms with Crippen molar-refractivity contribution < 1.29 is 9.90 Å². The van der Waals surface area contributed by atoms with Crippen LogP contribution < -0.4 is 5.32 Å². The summed E-state index contributed by atoms with van der Waals surface area (Å²) >= 11 is 4.91. The van der Waals surface area contributed by atoms with Crippen molar-refractivity contribution in [2.45, 2.75) is 11.0 Å². The van der Waals surface area contributed by atoms with Crippen LogP contribution in [0.1, 0.15) is 22.0 Å². The molecule has 0 bridgehead atoms. The van der Waals surface area contributed by atoms with E-state index in [0.29, 0.717) is 5.56 Å². The first-order valence-corrected chi connectivity index (χ1v) is 8.32. The van der Waals surface area contributed by atoms with Crippen molar-refractivity contribution in [3.05, 3.63) is 58.3 Å². The number of thioether (sulfide) groups is 1. The van der Waals surface area contributed by atoms with Gasteiger partial charge in [-0.1, -0.05) is 12.1 Å². The molecule has 1 amide bonds. The van der Waals surface area contributed by atoms with E-state index in [1.807, 2.05) is 30.5 Å². The van der Waals surface area contributed by atoms with Crippen LogP contribution >= 0.6 is 27.7 Å². The Labute approximate surface area is 136 Å². The average molecular weight is 367 g/mol. The van der Waals surface area contributed by atoms with Gasteiger partial charge in [-0.25, -0.2) is 0 Å². The second-order valence-electron chi connectivity index (χ2n) is 4.39. The Morgan fingerprint density at radius 3 is 2.71 bits per heavy atom. The van der Waals surface area contributed by atoms with E-state index in [1.54, 1.807) is 24.0 Å². The van der Waals surface area contributed by atoms with E-state index < -0.39 is 6.10 Å². The number of aliphatic hydroxyl groups is 1. The third-order valence-electron chi connectivity index (χ3n) is 2.92.